The molecular weight excluding hydrogens is 288 g/mol. The number of nitrogens with one attached hydrogen (secondary N) is 1. The Hall–Kier alpha value is -1.62. The molecule has 3 fully saturated rings. The third kappa shape index (κ3) is 1.61. The number of rotatable bonds is 1. The first-order chi connectivity index (χ1) is 11.2. The van der Waals surface area contributed by atoms with E-state index in [2.05, 4.69) is 35.0 Å². The Morgan fingerprint density at radius 3 is 2.96 bits per heavy atom. The Morgan fingerprint density at radius 1 is 1.35 bits per heavy atom. The quantitative estimate of drug-likeness (QED) is 0.709. The lowest BCUT2D eigenvalue weighted by Gasteiger charge is -2.59. The van der Waals surface area contributed by atoms with Crippen molar-refractivity contribution in [3.63, 3.8) is 0 Å². The second-order valence-electron chi connectivity index (χ2n) is 7.17. The maximum Gasteiger partial charge on any atom is 0.0973 e. The molecule has 0 amide bonds. The average Bonchev–Trinajstić information content (AvgIpc) is 2.98. The third-order valence-corrected chi connectivity index (χ3v) is 6.37. The fraction of sp³-hybridized carbons (Fsp3) is 0.474. The largest absolute Gasteiger partial charge is 0.396 e. The molecule has 23 heavy (non-hydrogen) atoms. The van der Waals surface area contributed by atoms with Gasteiger partial charge in [-0.05, 0) is 25.3 Å². The summed E-state index contributed by atoms with van der Waals surface area (Å²) in [5, 5.41) is 22.3. The zero-order chi connectivity index (χ0) is 15.7. The van der Waals surface area contributed by atoms with Gasteiger partial charge in [-0.15, -0.1) is 0 Å². The standard InChI is InChI=1S/C19H22N2O2/c1-2-10-8-21-15-7-12(10)13(9-22)18(21)19(23)16-11-5-3-4-6-14(11)20-17(15)16/h2-6,12-13,15,18-20,22-23H,7-9H2,1H3. The van der Waals surface area contributed by atoms with Crippen LogP contribution in [-0.4, -0.2) is 39.3 Å². The van der Waals surface area contributed by atoms with Crippen molar-refractivity contribution in [1.82, 2.24) is 9.88 Å². The first-order valence-electron chi connectivity index (χ1n) is 8.54. The monoisotopic (exact) mass is 310 g/mol. The molecule has 4 aliphatic heterocycles. The Balaban J connectivity index is 1.73. The van der Waals surface area contributed by atoms with Crippen LogP contribution in [0, 0.1) is 11.8 Å². The van der Waals surface area contributed by atoms with Crippen LogP contribution in [0.15, 0.2) is 35.9 Å². The number of piperidine rings is 3. The molecule has 4 heteroatoms. The number of aliphatic hydroxyl groups is 2. The molecule has 6 atom stereocenters. The van der Waals surface area contributed by atoms with Gasteiger partial charge in [-0.1, -0.05) is 29.8 Å². The Bertz CT molecular complexity index is 809. The minimum absolute atomic E-state index is 0.0270. The van der Waals surface area contributed by atoms with E-state index in [1.807, 2.05) is 12.1 Å². The van der Waals surface area contributed by atoms with E-state index >= 15 is 0 Å². The molecule has 4 aliphatic rings. The Labute approximate surface area is 135 Å². The van der Waals surface area contributed by atoms with Gasteiger partial charge >= 0.3 is 0 Å². The minimum atomic E-state index is -0.532. The van der Waals surface area contributed by atoms with Crippen LogP contribution in [0.4, 0.5) is 0 Å². The van der Waals surface area contributed by atoms with E-state index in [1.165, 1.54) is 11.3 Å². The molecule has 0 saturated carbocycles. The molecule has 0 aliphatic carbocycles. The van der Waals surface area contributed by atoms with Gasteiger partial charge in [0.1, 0.15) is 0 Å². The third-order valence-electron chi connectivity index (χ3n) is 6.37. The van der Waals surface area contributed by atoms with Crippen LogP contribution in [0.1, 0.15) is 36.7 Å². The molecule has 120 valence electrons. The van der Waals surface area contributed by atoms with E-state index in [-0.39, 0.29) is 18.6 Å². The summed E-state index contributed by atoms with van der Waals surface area (Å²) < 4.78 is 0. The lowest BCUT2D eigenvalue weighted by atomic mass is 9.63. The highest BCUT2D eigenvalue weighted by Gasteiger charge is 2.55. The lowest BCUT2D eigenvalue weighted by Crippen LogP contribution is -2.62. The van der Waals surface area contributed by atoms with Crippen LogP contribution in [0.3, 0.4) is 0 Å². The number of fused-ring (bicyclic) bond motifs is 4. The van der Waals surface area contributed by atoms with Crippen LogP contribution in [-0.2, 0) is 0 Å². The predicted molar refractivity (Wildman–Crippen MR) is 88.9 cm³/mol. The molecule has 3 saturated heterocycles. The van der Waals surface area contributed by atoms with Gasteiger partial charge < -0.3 is 15.2 Å². The average molecular weight is 310 g/mol. The predicted octanol–water partition coefficient (Wildman–Crippen LogP) is 2.51. The fourth-order valence-corrected chi connectivity index (χ4v) is 5.39. The number of aromatic amines is 1. The van der Waals surface area contributed by atoms with Gasteiger partial charge in [-0.3, -0.25) is 4.90 Å². The highest BCUT2D eigenvalue weighted by atomic mass is 16.3. The van der Waals surface area contributed by atoms with Gasteiger partial charge in [-0.2, -0.15) is 0 Å². The van der Waals surface area contributed by atoms with E-state index < -0.39 is 6.10 Å². The molecule has 5 heterocycles. The highest BCUT2D eigenvalue weighted by molar-refractivity contribution is 5.85. The van der Waals surface area contributed by atoms with Gasteiger partial charge in [0.05, 0.1) is 12.1 Å². The summed E-state index contributed by atoms with van der Waals surface area (Å²) in [6, 6.07) is 8.60. The van der Waals surface area contributed by atoms with E-state index in [0.29, 0.717) is 12.0 Å². The maximum atomic E-state index is 11.2. The van der Waals surface area contributed by atoms with Gasteiger partial charge in [0.2, 0.25) is 0 Å². The summed E-state index contributed by atoms with van der Waals surface area (Å²) in [6.07, 6.45) is 2.71. The van der Waals surface area contributed by atoms with Gasteiger partial charge in [0, 0.05) is 47.3 Å². The summed E-state index contributed by atoms with van der Waals surface area (Å²) in [5.74, 6) is 0.516. The number of aliphatic hydroxyl groups excluding tert-OH is 2. The van der Waals surface area contributed by atoms with Gasteiger partial charge in [-0.25, -0.2) is 0 Å². The van der Waals surface area contributed by atoms with Crippen molar-refractivity contribution in [2.24, 2.45) is 11.8 Å². The van der Waals surface area contributed by atoms with Crippen LogP contribution in [0.2, 0.25) is 0 Å². The maximum absolute atomic E-state index is 11.2. The number of benzene rings is 1. The molecule has 1 aromatic carbocycles. The normalized spacial score (nSPS) is 39.9. The molecule has 3 N–H and O–H groups in total. The van der Waals surface area contributed by atoms with Crippen LogP contribution in [0.25, 0.3) is 10.9 Å². The van der Waals surface area contributed by atoms with Crippen molar-refractivity contribution >= 4 is 10.9 Å². The first-order valence-corrected chi connectivity index (χ1v) is 8.54. The van der Waals surface area contributed by atoms with E-state index in [4.69, 9.17) is 0 Å². The number of aromatic nitrogens is 1. The zero-order valence-corrected chi connectivity index (χ0v) is 13.2. The second kappa shape index (κ2) is 4.69. The zero-order valence-electron chi connectivity index (χ0n) is 13.2. The van der Waals surface area contributed by atoms with Crippen molar-refractivity contribution in [2.75, 3.05) is 13.2 Å². The molecular formula is C19H22N2O2. The molecule has 6 unspecified atom stereocenters. The summed E-state index contributed by atoms with van der Waals surface area (Å²) in [5.41, 5.74) is 4.77. The first kappa shape index (κ1) is 13.8. The second-order valence-corrected chi connectivity index (χ2v) is 7.17. The Morgan fingerprint density at radius 2 is 2.17 bits per heavy atom. The highest BCUT2D eigenvalue weighted by Crippen LogP contribution is 2.56. The molecule has 1 aromatic heterocycles. The van der Waals surface area contributed by atoms with Crippen molar-refractivity contribution in [3.8, 4) is 0 Å². The topological polar surface area (TPSA) is 59.5 Å². The SMILES string of the molecule is CC=C1CN2C3CC1C(CO)C2C(O)c1c3[nH]c2ccccc12. The van der Waals surface area contributed by atoms with Crippen LogP contribution in [0.5, 0.6) is 0 Å². The summed E-state index contributed by atoms with van der Waals surface area (Å²) in [7, 11) is 0. The molecule has 4 bridgehead atoms. The summed E-state index contributed by atoms with van der Waals surface area (Å²) >= 11 is 0. The van der Waals surface area contributed by atoms with E-state index in [0.717, 1.165) is 29.4 Å². The molecule has 6 rings (SSSR count). The summed E-state index contributed by atoms with van der Waals surface area (Å²) in [6.45, 7) is 3.15. The number of para-hydroxylation sites is 1. The van der Waals surface area contributed by atoms with Crippen molar-refractivity contribution in [1.29, 1.82) is 0 Å². The van der Waals surface area contributed by atoms with Crippen LogP contribution < -0.4 is 0 Å². The van der Waals surface area contributed by atoms with E-state index in [1.54, 1.807) is 0 Å². The molecule has 2 aromatic rings. The number of nitrogens with zero attached hydrogens (tertiary/aromatic N) is 1. The van der Waals surface area contributed by atoms with Crippen molar-refractivity contribution < 1.29 is 10.2 Å². The number of hydrogen-bond acceptors (Lipinski definition) is 3. The lowest BCUT2D eigenvalue weighted by molar-refractivity contribution is -0.107. The smallest absolute Gasteiger partial charge is 0.0973 e. The van der Waals surface area contributed by atoms with Crippen molar-refractivity contribution in [3.05, 3.63) is 47.2 Å². The Kier molecular flexibility index (Phi) is 2.81. The van der Waals surface area contributed by atoms with Crippen LogP contribution >= 0.6 is 0 Å². The number of hydrogen-bond donors (Lipinski definition) is 3. The van der Waals surface area contributed by atoms with Gasteiger partial charge in [0.25, 0.3) is 0 Å². The van der Waals surface area contributed by atoms with Gasteiger partial charge in [0.15, 0.2) is 0 Å². The number of allylic oxidation sites excluding steroid dienone is 1. The van der Waals surface area contributed by atoms with Crippen molar-refractivity contribution in [2.45, 2.75) is 31.5 Å². The summed E-state index contributed by atoms with van der Waals surface area (Å²) in [4.78, 5) is 5.98. The molecule has 0 spiro atoms. The molecule has 4 nitrogen and oxygen atoms in total. The molecule has 0 radical (unpaired) electrons. The number of H-pyrrole nitrogens is 1. The fourth-order valence-electron chi connectivity index (χ4n) is 5.39. The van der Waals surface area contributed by atoms with E-state index in [9.17, 15) is 10.2 Å². The minimum Gasteiger partial charge on any atom is -0.396 e.